The SMILES string of the molecule is CCCNc1nccc(-c2cncc(OC)c2)n1. The van der Waals surface area contributed by atoms with Crippen LogP contribution in [0.25, 0.3) is 11.3 Å². The summed E-state index contributed by atoms with van der Waals surface area (Å²) in [5.74, 6) is 1.35. The van der Waals surface area contributed by atoms with Crippen molar-refractivity contribution >= 4 is 5.95 Å². The molecule has 0 aromatic carbocycles. The standard InChI is InChI=1S/C13H16N4O/c1-3-5-15-13-16-6-4-12(17-13)10-7-11(18-2)9-14-8-10/h4,6-9H,3,5H2,1-2H3,(H,15,16,17). The molecule has 94 valence electrons. The molecule has 1 N–H and O–H groups in total. The summed E-state index contributed by atoms with van der Waals surface area (Å²) in [6, 6.07) is 3.76. The molecule has 0 saturated heterocycles. The minimum atomic E-state index is 0.636. The Hall–Kier alpha value is -2.17. The van der Waals surface area contributed by atoms with Crippen molar-refractivity contribution in [2.45, 2.75) is 13.3 Å². The molecule has 0 atom stereocenters. The topological polar surface area (TPSA) is 59.9 Å². The predicted molar refractivity (Wildman–Crippen MR) is 70.6 cm³/mol. The molecule has 0 aliphatic heterocycles. The van der Waals surface area contributed by atoms with E-state index in [4.69, 9.17) is 4.74 Å². The maximum atomic E-state index is 5.15. The van der Waals surface area contributed by atoms with E-state index in [2.05, 4.69) is 27.2 Å². The lowest BCUT2D eigenvalue weighted by Crippen LogP contribution is -2.04. The van der Waals surface area contributed by atoms with E-state index in [0.717, 1.165) is 24.2 Å². The molecule has 18 heavy (non-hydrogen) atoms. The third-order valence-electron chi connectivity index (χ3n) is 2.43. The molecule has 2 aromatic rings. The summed E-state index contributed by atoms with van der Waals surface area (Å²) in [5.41, 5.74) is 1.74. The first-order valence-corrected chi connectivity index (χ1v) is 5.90. The molecule has 0 radical (unpaired) electrons. The van der Waals surface area contributed by atoms with Gasteiger partial charge in [-0.25, -0.2) is 9.97 Å². The Morgan fingerprint density at radius 2 is 2.22 bits per heavy atom. The Labute approximate surface area is 106 Å². The summed E-state index contributed by atoms with van der Waals surface area (Å²) < 4.78 is 5.15. The second kappa shape index (κ2) is 5.95. The summed E-state index contributed by atoms with van der Waals surface area (Å²) in [4.78, 5) is 12.7. The van der Waals surface area contributed by atoms with E-state index in [9.17, 15) is 0 Å². The minimum absolute atomic E-state index is 0.636. The van der Waals surface area contributed by atoms with E-state index < -0.39 is 0 Å². The molecule has 0 spiro atoms. The molecule has 0 unspecified atom stereocenters. The summed E-state index contributed by atoms with van der Waals surface area (Å²) in [7, 11) is 1.62. The highest BCUT2D eigenvalue weighted by molar-refractivity contribution is 5.60. The first kappa shape index (κ1) is 12.3. The molecule has 5 nitrogen and oxygen atoms in total. The lowest BCUT2D eigenvalue weighted by Gasteiger charge is -2.06. The lowest BCUT2D eigenvalue weighted by atomic mass is 10.2. The van der Waals surface area contributed by atoms with Crippen LogP contribution in [-0.2, 0) is 0 Å². The third kappa shape index (κ3) is 2.94. The van der Waals surface area contributed by atoms with Crippen LogP contribution in [0, 0.1) is 0 Å². The van der Waals surface area contributed by atoms with E-state index in [-0.39, 0.29) is 0 Å². The van der Waals surface area contributed by atoms with E-state index >= 15 is 0 Å². The summed E-state index contributed by atoms with van der Waals surface area (Å²) in [5, 5.41) is 3.16. The zero-order chi connectivity index (χ0) is 12.8. The van der Waals surface area contributed by atoms with Crippen LogP contribution < -0.4 is 10.1 Å². The van der Waals surface area contributed by atoms with Gasteiger partial charge in [-0.3, -0.25) is 4.98 Å². The molecule has 0 saturated carbocycles. The predicted octanol–water partition coefficient (Wildman–Crippen LogP) is 2.37. The van der Waals surface area contributed by atoms with Gasteiger partial charge in [-0.15, -0.1) is 0 Å². The monoisotopic (exact) mass is 244 g/mol. The third-order valence-corrected chi connectivity index (χ3v) is 2.43. The second-order valence-electron chi connectivity index (χ2n) is 3.81. The van der Waals surface area contributed by atoms with Crippen LogP contribution >= 0.6 is 0 Å². The van der Waals surface area contributed by atoms with Gasteiger partial charge in [-0.2, -0.15) is 0 Å². The number of pyridine rings is 1. The molecule has 2 heterocycles. The fourth-order valence-corrected chi connectivity index (χ4v) is 1.51. The van der Waals surface area contributed by atoms with E-state index in [1.807, 2.05) is 12.1 Å². The molecule has 0 bridgehead atoms. The smallest absolute Gasteiger partial charge is 0.223 e. The van der Waals surface area contributed by atoms with Crippen LogP contribution in [0.5, 0.6) is 5.75 Å². The van der Waals surface area contributed by atoms with E-state index in [0.29, 0.717) is 11.7 Å². The van der Waals surface area contributed by atoms with Crippen molar-refractivity contribution in [2.75, 3.05) is 19.0 Å². The molecule has 0 amide bonds. The number of nitrogens with one attached hydrogen (secondary N) is 1. The van der Waals surface area contributed by atoms with Crippen LogP contribution in [0.2, 0.25) is 0 Å². The Morgan fingerprint density at radius 3 is 3.00 bits per heavy atom. The van der Waals surface area contributed by atoms with Gasteiger partial charge < -0.3 is 10.1 Å². The summed E-state index contributed by atoms with van der Waals surface area (Å²) in [6.07, 6.45) is 6.20. The average molecular weight is 244 g/mol. The minimum Gasteiger partial charge on any atom is -0.495 e. The van der Waals surface area contributed by atoms with Gasteiger partial charge in [0.15, 0.2) is 0 Å². The summed E-state index contributed by atoms with van der Waals surface area (Å²) >= 11 is 0. The first-order chi connectivity index (χ1) is 8.83. The van der Waals surface area contributed by atoms with Crippen molar-refractivity contribution in [3.63, 3.8) is 0 Å². The van der Waals surface area contributed by atoms with E-state index in [1.54, 1.807) is 25.7 Å². The molecule has 0 aliphatic carbocycles. The van der Waals surface area contributed by atoms with Crippen molar-refractivity contribution in [2.24, 2.45) is 0 Å². The van der Waals surface area contributed by atoms with Gasteiger partial charge in [0.1, 0.15) is 5.75 Å². The van der Waals surface area contributed by atoms with Crippen molar-refractivity contribution in [3.05, 3.63) is 30.7 Å². The number of nitrogens with zero attached hydrogens (tertiary/aromatic N) is 3. The molecule has 0 fully saturated rings. The zero-order valence-corrected chi connectivity index (χ0v) is 10.6. The molecular formula is C13H16N4O. The Bertz CT molecular complexity index is 516. The van der Waals surface area contributed by atoms with Gasteiger partial charge in [0.05, 0.1) is 19.0 Å². The van der Waals surface area contributed by atoms with Crippen LogP contribution in [0.15, 0.2) is 30.7 Å². The molecule has 0 aliphatic rings. The molecule has 2 rings (SSSR count). The summed E-state index contributed by atoms with van der Waals surface area (Å²) in [6.45, 7) is 2.96. The van der Waals surface area contributed by atoms with Gasteiger partial charge in [0, 0.05) is 24.5 Å². The number of methoxy groups -OCH3 is 1. The van der Waals surface area contributed by atoms with Crippen LogP contribution in [0.3, 0.4) is 0 Å². The number of hydrogen-bond donors (Lipinski definition) is 1. The van der Waals surface area contributed by atoms with Crippen molar-refractivity contribution in [3.8, 4) is 17.0 Å². The van der Waals surface area contributed by atoms with Crippen molar-refractivity contribution < 1.29 is 4.74 Å². The highest BCUT2D eigenvalue weighted by atomic mass is 16.5. The Kier molecular flexibility index (Phi) is 4.06. The highest BCUT2D eigenvalue weighted by Gasteiger charge is 2.03. The van der Waals surface area contributed by atoms with Gasteiger partial charge in [-0.1, -0.05) is 6.92 Å². The Balaban J connectivity index is 2.26. The fourth-order valence-electron chi connectivity index (χ4n) is 1.51. The van der Waals surface area contributed by atoms with E-state index in [1.165, 1.54) is 0 Å². The number of rotatable bonds is 5. The second-order valence-corrected chi connectivity index (χ2v) is 3.81. The number of aromatic nitrogens is 3. The maximum absolute atomic E-state index is 5.15. The first-order valence-electron chi connectivity index (χ1n) is 5.90. The number of hydrogen-bond acceptors (Lipinski definition) is 5. The molecular weight excluding hydrogens is 228 g/mol. The van der Waals surface area contributed by atoms with Crippen molar-refractivity contribution in [1.82, 2.24) is 15.0 Å². The number of ether oxygens (including phenoxy) is 1. The normalized spacial score (nSPS) is 10.1. The largest absolute Gasteiger partial charge is 0.495 e. The van der Waals surface area contributed by atoms with Gasteiger partial charge >= 0.3 is 0 Å². The lowest BCUT2D eigenvalue weighted by molar-refractivity contribution is 0.413. The average Bonchev–Trinajstić information content (AvgIpc) is 2.45. The van der Waals surface area contributed by atoms with Crippen LogP contribution in [-0.4, -0.2) is 28.6 Å². The fraction of sp³-hybridized carbons (Fsp3) is 0.308. The zero-order valence-electron chi connectivity index (χ0n) is 10.6. The van der Waals surface area contributed by atoms with Crippen molar-refractivity contribution in [1.29, 1.82) is 0 Å². The maximum Gasteiger partial charge on any atom is 0.223 e. The number of anilines is 1. The Morgan fingerprint density at radius 1 is 1.33 bits per heavy atom. The van der Waals surface area contributed by atoms with Gasteiger partial charge in [0.2, 0.25) is 5.95 Å². The van der Waals surface area contributed by atoms with Gasteiger partial charge in [-0.05, 0) is 18.6 Å². The highest BCUT2D eigenvalue weighted by Crippen LogP contribution is 2.20. The molecule has 2 aromatic heterocycles. The molecule has 5 heteroatoms. The van der Waals surface area contributed by atoms with Gasteiger partial charge in [0.25, 0.3) is 0 Å². The quantitative estimate of drug-likeness (QED) is 0.875. The van der Waals surface area contributed by atoms with Crippen LogP contribution in [0.4, 0.5) is 5.95 Å². The van der Waals surface area contributed by atoms with Crippen LogP contribution in [0.1, 0.15) is 13.3 Å².